The lowest BCUT2D eigenvalue weighted by molar-refractivity contribution is 0.0696. The van der Waals surface area contributed by atoms with E-state index in [2.05, 4.69) is 15.9 Å². The molecule has 0 aliphatic heterocycles. The summed E-state index contributed by atoms with van der Waals surface area (Å²) in [5, 5.41) is 17.4. The predicted molar refractivity (Wildman–Crippen MR) is 42.7 cm³/mol. The van der Waals surface area contributed by atoms with E-state index < -0.39 is 17.5 Å². The van der Waals surface area contributed by atoms with Gasteiger partial charge >= 0.3 is 5.97 Å². The fourth-order valence-electron chi connectivity index (χ4n) is 0.698. The van der Waals surface area contributed by atoms with Crippen LogP contribution in [0.5, 0.6) is 5.75 Å². The molecule has 0 heterocycles. The van der Waals surface area contributed by atoms with Crippen LogP contribution in [0.25, 0.3) is 0 Å². The molecule has 0 spiro atoms. The van der Waals surface area contributed by atoms with Crippen molar-refractivity contribution in [3.8, 4) is 5.75 Å². The Morgan fingerprint density at radius 3 is 2.50 bits per heavy atom. The third-order valence-corrected chi connectivity index (χ3v) is 2.04. The van der Waals surface area contributed by atoms with E-state index in [1.54, 1.807) is 0 Å². The lowest BCUT2D eigenvalue weighted by Crippen LogP contribution is -1.97. The van der Waals surface area contributed by atoms with E-state index in [1.165, 1.54) is 0 Å². The highest BCUT2D eigenvalue weighted by Gasteiger charge is 2.11. The summed E-state index contributed by atoms with van der Waals surface area (Å²) in [4.78, 5) is 10.3. The second-order valence-electron chi connectivity index (χ2n) is 2.10. The Labute approximate surface area is 75.6 Å². The number of hydrogen-bond donors (Lipinski definition) is 2. The van der Waals surface area contributed by atoms with Crippen LogP contribution in [0.3, 0.4) is 0 Å². The quantitative estimate of drug-likeness (QED) is 0.782. The number of carbonyl (C=O) groups is 1. The predicted octanol–water partition coefficient (Wildman–Crippen LogP) is 1.99. The van der Waals surface area contributed by atoms with Gasteiger partial charge in [0, 0.05) is 0 Å². The maximum absolute atomic E-state index is 12.7. The maximum atomic E-state index is 12.7. The Morgan fingerprint density at radius 1 is 1.50 bits per heavy atom. The maximum Gasteiger partial charge on any atom is 0.335 e. The van der Waals surface area contributed by atoms with E-state index in [0.717, 1.165) is 12.1 Å². The van der Waals surface area contributed by atoms with Gasteiger partial charge in [0.1, 0.15) is 11.6 Å². The van der Waals surface area contributed by atoms with Crippen LogP contribution < -0.4 is 0 Å². The highest BCUT2D eigenvalue weighted by atomic mass is 79.9. The summed E-state index contributed by atoms with van der Waals surface area (Å²) in [6.07, 6.45) is 0. The van der Waals surface area contributed by atoms with Gasteiger partial charge in [-0.15, -0.1) is 0 Å². The van der Waals surface area contributed by atoms with E-state index in [-0.39, 0.29) is 10.0 Å². The Kier molecular flexibility index (Phi) is 2.32. The van der Waals surface area contributed by atoms with Crippen LogP contribution in [-0.2, 0) is 0 Å². The number of benzene rings is 1. The minimum Gasteiger partial charge on any atom is -0.507 e. The summed E-state index contributed by atoms with van der Waals surface area (Å²) < 4.78 is 12.6. The Hall–Kier alpha value is -1.10. The number of aromatic carboxylic acids is 1. The number of phenolic OH excluding ortho intramolecular Hbond substituents is 1. The molecule has 1 aromatic carbocycles. The molecule has 0 amide bonds. The van der Waals surface area contributed by atoms with E-state index in [1.807, 2.05) is 0 Å². The molecular formula is C7H4BrFO3. The third-order valence-electron chi connectivity index (χ3n) is 1.26. The van der Waals surface area contributed by atoms with Crippen LogP contribution in [0, 0.1) is 5.82 Å². The number of aromatic hydroxyl groups is 1. The average molecular weight is 235 g/mol. The smallest absolute Gasteiger partial charge is 0.335 e. The molecule has 5 heteroatoms. The fraction of sp³-hybridized carbons (Fsp3) is 0. The minimum absolute atomic E-state index is 0.132. The molecule has 0 saturated carbocycles. The van der Waals surface area contributed by atoms with Crippen molar-refractivity contribution in [3.05, 3.63) is 28.0 Å². The van der Waals surface area contributed by atoms with Crippen LogP contribution >= 0.6 is 15.9 Å². The molecule has 0 unspecified atom stereocenters. The van der Waals surface area contributed by atoms with Gasteiger partial charge in [0.05, 0.1) is 10.0 Å². The molecule has 0 atom stereocenters. The van der Waals surface area contributed by atoms with Crippen molar-refractivity contribution in [2.45, 2.75) is 0 Å². The highest BCUT2D eigenvalue weighted by Crippen LogP contribution is 2.27. The Bertz CT molecular complexity index is 314. The zero-order valence-electron chi connectivity index (χ0n) is 5.71. The van der Waals surface area contributed by atoms with Crippen LogP contribution in [0.4, 0.5) is 4.39 Å². The SMILES string of the molecule is O=C(O)c1cc(O)c(Br)c(F)c1. The topological polar surface area (TPSA) is 57.5 Å². The summed E-state index contributed by atoms with van der Waals surface area (Å²) in [5.41, 5.74) is -0.284. The molecule has 0 fully saturated rings. The number of carboxylic acids is 1. The number of carboxylic acid groups (broad SMARTS) is 1. The van der Waals surface area contributed by atoms with E-state index in [0.29, 0.717) is 0 Å². The van der Waals surface area contributed by atoms with Crippen LogP contribution in [-0.4, -0.2) is 16.2 Å². The van der Waals surface area contributed by atoms with Gasteiger partial charge in [0.2, 0.25) is 0 Å². The second kappa shape index (κ2) is 3.10. The van der Waals surface area contributed by atoms with Gasteiger partial charge in [0.15, 0.2) is 0 Å². The lowest BCUT2D eigenvalue weighted by atomic mass is 10.2. The first-order valence-electron chi connectivity index (χ1n) is 2.93. The first kappa shape index (κ1) is 8.99. The van der Waals surface area contributed by atoms with Crippen molar-refractivity contribution < 1.29 is 19.4 Å². The summed E-state index contributed by atoms with van der Waals surface area (Å²) in [5.74, 6) is -2.50. The standard InChI is InChI=1S/C7H4BrFO3/c8-6-4(9)1-3(7(11)12)2-5(6)10/h1-2,10H,(H,11,12). The molecule has 3 nitrogen and oxygen atoms in total. The molecule has 0 aliphatic rings. The molecule has 1 rings (SSSR count). The van der Waals surface area contributed by atoms with Crippen LogP contribution in [0.1, 0.15) is 10.4 Å². The summed E-state index contributed by atoms with van der Waals surface area (Å²) >= 11 is 2.74. The number of phenols is 1. The molecule has 0 aromatic heterocycles. The monoisotopic (exact) mass is 234 g/mol. The molecule has 0 saturated heterocycles. The molecule has 12 heavy (non-hydrogen) atoms. The van der Waals surface area contributed by atoms with Gasteiger partial charge in [-0.1, -0.05) is 0 Å². The molecule has 2 N–H and O–H groups in total. The van der Waals surface area contributed by atoms with Gasteiger partial charge in [0.25, 0.3) is 0 Å². The summed E-state index contributed by atoms with van der Waals surface area (Å²) in [6.45, 7) is 0. The normalized spacial score (nSPS) is 9.83. The van der Waals surface area contributed by atoms with Crippen molar-refractivity contribution in [3.63, 3.8) is 0 Å². The van der Waals surface area contributed by atoms with E-state index >= 15 is 0 Å². The summed E-state index contributed by atoms with van der Waals surface area (Å²) in [6, 6.07) is 1.79. The molecule has 64 valence electrons. The lowest BCUT2D eigenvalue weighted by Gasteiger charge is -1.99. The highest BCUT2D eigenvalue weighted by molar-refractivity contribution is 9.10. The van der Waals surface area contributed by atoms with Gasteiger partial charge in [-0.25, -0.2) is 9.18 Å². The first-order chi connectivity index (χ1) is 5.52. The molecule has 0 aliphatic carbocycles. The molecule has 0 bridgehead atoms. The summed E-state index contributed by atoms with van der Waals surface area (Å²) in [7, 11) is 0. The van der Waals surface area contributed by atoms with Crippen LogP contribution in [0.15, 0.2) is 16.6 Å². The van der Waals surface area contributed by atoms with Crippen molar-refractivity contribution in [2.24, 2.45) is 0 Å². The number of rotatable bonds is 1. The van der Waals surface area contributed by atoms with Gasteiger partial charge in [-0.2, -0.15) is 0 Å². The fourth-order valence-corrected chi connectivity index (χ4v) is 0.927. The van der Waals surface area contributed by atoms with Crippen molar-refractivity contribution in [1.29, 1.82) is 0 Å². The van der Waals surface area contributed by atoms with Crippen LogP contribution in [0.2, 0.25) is 0 Å². The molecule has 0 radical (unpaired) electrons. The van der Waals surface area contributed by atoms with E-state index in [4.69, 9.17) is 10.2 Å². The van der Waals surface area contributed by atoms with Gasteiger partial charge < -0.3 is 10.2 Å². The van der Waals surface area contributed by atoms with E-state index in [9.17, 15) is 9.18 Å². The molecular weight excluding hydrogens is 231 g/mol. The van der Waals surface area contributed by atoms with Gasteiger partial charge in [-0.3, -0.25) is 0 Å². The Morgan fingerprint density at radius 2 is 2.08 bits per heavy atom. The number of hydrogen-bond acceptors (Lipinski definition) is 2. The minimum atomic E-state index is -1.28. The van der Waals surface area contributed by atoms with Crippen molar-refractivity contribution in [2.75, 3.05) is 0 Å². The third kappa shape index (κ3) is 1.55. The van der Waals surface area contributed by atoms with Gasteiger partial charge in [-0.05, 0) is 28.1 Å². The van der Waals surface area contributed by atoms with Crippen molar-refractivity contribution in [1.82, 2.24) is 0 Å². The molecule has 1 aromatic rings. The number of halogens is 2. The zero-order chi connectivity index (χ0) is 9.30. The zero-order valence-corrected chi connectivity index (χ0v) is 7.30. The Balaban J connectivity index is 3.31. The van der Waals surface area contributed by atoms with Crippen molar-refractivity contribution >= 4 is 21.9 Å². The largest absolute Gasteiger partial charge is 0.507 e. The second-order valence-corrected chi connectivity index (χ2v) is 2.89. The first-order valence-corrected chi connectivity index (χ1v) is 3.73. The average Bonchev–Trinajstić information content (AvgIpc) is 1.99.